The Hall–Kier alpha value is -1.75. The minimum absolute atomic E-state index is 0.0172. The van der Waals surface area contributed by atoms with Gasteiger partial charge in [0, 0.05) is 19.1 Å². The standard InChI is InChI=1S/C16H25N3O2/c1-2-9-19-10-7-13(8-11-19)18-16(20)12-21-15-6-4-3-5-14(15)17/h3-6,13H,2,7-12,17H2,1H3,(H,18,20). The summed E-state index contributed by atoms with van der Waals surface area (Å²) in [5.74, 6) is 0.484. The van der Waals surface area contributed by atoms with Crippen LogP contribution in [0.4, 0.5) is 5.69 Å². The summed E-state index contributed by atoms with van der Waals surface area (Å²) in [4.78, 5) is 14.4. The van der Waals surface area contributed by atoms with Crippen molar-refractivity contribution < 1.29 is 9.53 Å². The molecule has 0 aliphatic carbocycles. The van der Waals surface area contributed by atoms with Gasteiger partial charge in [-0.3, -0.25) is 4.79 Å². The molecule has 1 aliphatic heterocycles. The molecule has 5 heteroatoms. The van der Waals surface area contributed by atoms with Gasteiger partial charge in [-0.1, -0.05) is 19.1 Å². The number of nitrogens with zero attached hydrogens (tertiary/aromatic N) is 1. The van der Waals surface area contributed by atoms with Crippen LogP contribution in [0.25, 0.3) is 0 Å². The summed E-state index contributed by atoms with van der Waals surface area (Å²) >= 11 is 0. The zero-order valence-electron chi connectivity index (χ0n) is 12.7. The lowest BCUT2D eigenvalue weighted by Gasteiger charge is -2.32. The second kappa shape index (κ2) is 7.88. The van der Waals surface area contributed by atoms with Crippen molar-refractivity contribution >= 4 is 11.6 Å². The fourth-order valence-corrected chi connectivity index (χ4v) is 2.64. The summed E-state index contributed by atoms with van der Waals surface area (Å²) in [6, 6.07) is 7.48. The van der Waals surface area contributed by atoms with Gasteiger partial charge in [-0.15, -0.1) is 0 Å². The van der Waals surface area contributed by atoms with Gasteiger partial charge >= 0.3 is 0 Å². The molecule has 1 aliphatic rings. The number of piperidine rings is 1. The van der Waals surface area contributed by atoms with E-state index in [0.717, 1.165) is 32.5 Å². The number of nitrogens with two attached hydrogens (primary N) is 1. The number of nitrogen functional groups attached to an aromatic ring is 1. The zero-order valence-corrected chi connectivity index (χ0v) is 12.7. The Morgan fingerprint density at radius 1 is 1.38 bits per heavy atom. The third-order valence-corrected chi connectivity index (χ3v) is 3.77. The largest absolute Gasteiger partial charge is 0.482 e. The summed E-state index contributed by atoms with van der Waals surface area (Å²) in [5.41, 5.74) is 6.33. The van der Waals surface area contributed by atoms with Gasteiger partial charge < -0.3 is 20.7 Å². The Morgan fingerprint density at radius 3 is 2.76 bits per heavy atom. The van der Waals surface area contributed by atoms with Crippen molar-refractivity contribution in [1.82, 2.24) is 10.2 Å². The molecule has 1 amide bonds. The Labute approximate surface area is 126 Å². The maximum absolute atomic E-state index is 11.9. The van der Waals surface area contributed by atoms with E-state index in [1.807, 2.05) is 12.1 Å². The van der Waals surface area contributed by atoms with Crippen molar-refractivity contribution in [3.63, 3.8) is 0 Å². The lowest BCUT2D eigenvalue weighted by molar-refractivity contribution is -0.124. The molecule has 0 saturated carbocycles. The van der Waals surface area contributed by atoms with Crippen LogP contribution < -0.4 is 15.8 Å². The number of nitrogens with one attached hydrogen (secondary N) is 1. The topological polar surface area (TPSA) is 67.6 Å². The summed E-state index contributed by atoms with van der Waals surface area (Å²) in [7, 11) is 0. The third-order valence-electron chi connectivity index (χ3n) is 3.77. The van der Waals surface area contributed by atoms with Crippen molar-refractivity contribution in [2.75, 3.05) is 32.0 Å². The van der Waals surface area contributed by atoms with E-state index in [1.54, 1.807) is 12.1 Å². The van der Waals surface area contributed by atoms with Gasteiger partial charge in [0.15, 0.2) is 6.61 Å². The van der Waals surface area contributed by atoms with E-state index >= 15 is 0 Å². The molecule has 2 rings (SSSR count). The minimum atomic E-state index is -0.0767. The van der Waals surface area contributed by atoms with E-state index in [9.17, 15) is 4.79 Å². The molecule has 116 valence electrons. The molecular weight excluding hydrogens is 266 g/mol. The van der Waals surface area contributed by atoms with E-state index in [1.165, 1.54) is 6.42 Å². The fraction of sp³-hybridized carbons (Fsp3) is 0.562. The van der Waals surface area contributed by atoms with Gasteiger partial charge in [0.05, 0.1) is 5.69 Å². The second-order valence-corrected chi connectivity index (χ2v) is 5.51. The number of carbonyl (C=O) groups is 1. The highest BCUT2D eigenvalue weighted by Gasteiger charge is 2.20. The van der Waals surface area contributed by atoms with Gasteiger partial charge in [-0.2, -0.15) is 0 Å². The molecular formula is C16H25N3O2. The predicted octanol–water partition coefficient (Wildman–Crippen LogP) is 1.64. The zero-order chi connectivity index (χ0) is 15.1. The van der Waals surface area contributed by atoms with Crippen molar-refractivity contribution in [1.29, 1.82) is 0 Å². The molecule has 0 spiro atoms. The molecule has 0 unspecified atom stereocenters. The van der Waals surface area contributed by atoms with Crippen molar-refractivity contribution in [2.24, 2.45) is 0 Å². The van der Waals surface area contributed by atoms with Crippen molar-refractivity contribution in [2.45, 2.75) is 32.2 Å². The lowest BCUT2D eigenvalue weighted by Crippen LogP contribution is -2.46. The molecule has 5 nitrogen and oxygen atoms in total. The highest BCUT2D eigenvalue weighted by Crippen LogP contribution is 2.19. The maximum Gasteiger partial charge on any atom is 0.258 e. The van der Waals surface area contributed by atoms with Crippen molar-refractivity contribution in [3.8, 4) is 5.75 Å². The highest BCUT2D eigenvalue weighted by molar-refractivity contribution is 5.78. The number of carbonyl (C=O) groups excluding carboxylic acids is 1. The number of amides is 1. The maximum atomic E-state index is 11.9. The summed E-state index contributed by atoms with van der Waals surface area (Å²) in [6.45, 7) is 5.48. The van der Waals surface area contributed by atoms with Crippen molar-refractivity contribution in [3.05, 3.63) is 24.3 Å². The average molecular weight is 291 g/mol. The van der Waals surface area contributed by atoms with Crippen LogP contribution in [0, 0.1) is 0 Å². The second-order valence-electron chi connectivity index (χ2n) is 5.51. The highest BCUT2D eigenvalue weighted by atomic mass is 16.5. The average Bonchev–Trinajstić information content (AvgIpc) is 2.49. The van der Waals surface area contributed by atoms with Crippen LogP contribution in [-0.2, 0) is 4.79 Å². The van der Waals surface area contributed by atoms with Gasteiger partial charge in [0.1, 0.15) is 5.75 Å². The number of ether oxygens (including phenoxy) is 1. The molecule has 1 fully saturated rings. The van der Waals surface area contributed by atoms with Crippen LogP contribution in [0.1, 0.15) is 26.2 Å². The fourth-order valence-electron chi connectivity index (χ4n) is 2.64. The van der Waals surface area contributed by atoms with Gasteiger partial charge in [-0.25, -0.2) is 0 Å². The minimum Gasteiger partial charge on any atom is -0.482 e. The molecule has 1 heterocycles. The van der Waals surface area contributed by atoms with Crippen LogP contribution in [0.15, 0.2) is 24.3 Å². The smallest absolute Gasteiger partial charge is 0.258 e. The predicted molar refractivity (Wildman–Crippen MR) is 84.2 cm³/mol. The molecule has 21 heavy (non-hydrogen) atoms. The van der Waals surface area contributed by atoms with E-state index in [-0.39, 0.29) is 18.6 Å². The van der Waals surface area contributed by atoms with E-state index < -0.39 is 0 Å². The SMILES string of the molecule is CCCN1CCC(NC(=O)COc2ccccc2N)CC1. The summed E-state index contributed by atoms with van der Waals surface area (Å²) in [6.07, 6.45) is 3.21. The number of likely N-dealkylation sites (tertiary alicyclic amines) is 1. The molecule has 1 aromatic carbocycles. The van der Waals surface area contributed by atoms with E-state index in [2.05, 4.69) is 17.1 Å². The summed E-state index contributed by atoms with van der Waals surface area (Å²) < 4.78 is 5.45. The molecule has 3 N–H and O–H groups in total. The molecule has 1 saturated heterocycles. The van der Waals surface area contributed by atoms with Crippen LogP contribution in [-0.4, -0.2) is 43.1 Å². The molecule has 0 bridgehead atoms. The van der Waals surface area contributed by atoms with Crippen LogP contribution >= 0.6 is 0 Å². The van der Waals surface area contributed by atoms with Crippen LogP contribution in [0.2, 0.25) is 0 Å². The number of rotatable bonds is 6. The van der Waals surface area contributed by atoms with Gasteiger partial charge in [0.25, 0.3) is 5.91 Å². The third kappa shape index (κ3) is 4.93. The number of hydrogen-bond acceptors (Lipinski definition) is 4. The first-order valence-electron chi connectivity index (χ1n) is 7.68. The number of hydrogen-bond donors (Lipinski definition) is 2. The Bertz CT molecular complexity index is 457. The molecule has 0 radical (unpaired) electrons. The van der Waals surface area contributed by atoms with E-state index in [4.69, 9.17) is 10.5 Å². The lowest BCUT2D eigenvalue weighted by atomic mass is 10.0. The Kier molecular flexibility index (Phi) is 5.87. The number of para-hydroxylation sites is 2. The van der Waals surface area contributed by atoms with E-state index in [0.29, 0.717) is 11.4 Å². The first-order chi connectivity index (χ1) is 10.2. The monoisotopic (exact) mass is 291 g/mol. The molecule has 0 aromatic heterocycles. The van der Waals surface area contributed by atoms with Crippen LogP contribution in [0.3, 0.4) is 0 Å². The molecule has 1 aromatic rings. The van der Waals surface area contributed by atoms with Gasteiger partial charge in [-0.05, 0) is 37.9 Å². The quantitative estimate of drug-likeness (QED) is 0.782. The number of benzene rings is 1. The molecule has 0 atom stereocenters. The first kappa shape index (κ1) is 15.6. The van der Waals surface area contributed by atoms with Gasteiger partial charge in [0.2, 0.25) is 0 Å². The number of anilines is 1. The Morgan fingerprint density at radius 2 is 2.10 bits per heavy atom. The normalized spacial score (nSPS) is 16.6. The summed E-state index contributed by atoms with van der Waals surface area (Å²) in [5, 5.41) is 3.04. The Balaban J connectivity index is 1.70. The first-order valence-corrected chi connectivity index (χ1v) is 7.68. The van der Waals surface area contributed by atoms with Crippen LogP contribution in [0.5, 0.6) is 5.75 Å².